The molecule has 2 amide bonds. The normalized spacial score (nSPS) is 12.5. The van der Waals surface area contributed by atoms with Crippen LogP contribution in [0.3, 0.4) is 0 Å². The molecule has 0 saturated heterocycles. The van der Waals surface area contributed by atoms with E-state index in [-0.39, 0.29) is 95.2 Å². The first-order valence-electron chi connectivity index (χ1n) is 10.1. The van der Waals surface area contributed by atoms with Crippen molar-refractivity contribution in [3.05, 3.63) is 0 Å². The van der Waals surface area contributed by atoms with Crippen LogP contribution in [0.4, 0.5) is 0 Å². The fourth-order valence-electron chi connectivity index (χ4n) is 1.96. The van der Waals surface area contributed by atoms with E-state index in [0.717, 1.165) is 0 Å². The van der Waals surface area contributed by atoms with Crippen molar-refractivity contribution >= 4 is 61.5 Å². The van der Waals surface area contributed by atoms with Crippen molar-refractivity contribution < 1.29 is 55.3 Å². The molecule has 0 unspecified atom stereocenters. The van der Waals surface area contributed by atoms with Crippen molar-refractivity contribution in [3.63, 3.8) is 0 Å². The van der Waals surface area contributed by atoms with Gasteiger partial charge in [-0.3, -0.25) is 9.59 Å². The van der Waals surface area contributed by atoms with Gasteiger partial charge in [0.2, 0.25) is 11.8 Å². The van der Waals surface area contributed by atoms with E-state index in [1.54, 1.807) is 27.7 Å². The van der Waals surface area contributed by atoms with Gasteiger partial charge in [-0.05, 0) is 25.7 Å². The summed E-state index contributed by atoms with van der Waals surface area (Å²) in [5, 5.41) is 61.9. The number of aliphatic hydroxyl groups is 4. The van der Waals surface area contributed by atoms with Gasteiger partial charge in [-0.1, -0.05) is 27.7 Å². The third kappa shape index (κ3) is 18.3. The van der Waals surface area contributed by atoms with Gasteiger partial charge in [-0.25, -0.2) is 0 Å². The zero-order valence-electron chi connectivity index (χ0n) is 20.3. The van der Waals surface area contributed by atoms with Gasteiger partial charge >= 0.3 is 37.7 Å². The second-order valence-corrected chi connectivity index (χ2v) is 8.63. The molecule has 0 heterocycles. The van der Waals surface area contributed by atoms with Gasteiger partial charge in [-0.15, -0.1) is 0 Å². The Morgan fingerprint density at radius 3 is 1.21 bits per heavy atom. The van der Waals surface area contributed by atoms with Crippen molar-refractivity contribution in [2.24, 2.45) is 10.8 Å². The molecule has 0 aliphatic heterocycles. The third-order valence-electron chi connectivity index (χ3n) is 4.51. The van der Waals surface area contributed by atoms with Crippen LogP contribution in [0.15, 0.2) is 0 Å². The van der Waals surface area contributed by atoms with Gasteiger partial charge in [0.1, 0.15) is 12.2 Å². The summed E-state index contributed by atoms with van der Waals surface area (Å²) in [7, 11) is 0. The van der Waals surface area contributed by atoms with Crippen LogP contribution in [0.1, 0.15) is 53.4 Å². The third-order valence-corrected chi connectivity index (χ3v) is 4.51. The molecule has 196 valence electrons. The number of hydrogen-bond donors (Lipinski definition) is 6. The molecule has 0 saturated carbocycles. The summed E-state index contributed by atoms with van der Waals surface area (Å²) < 4.78 is 0. The summed E-state index contributed by atoms with van der Waals surface area (Å²) in [5.74, 6) is -3.58. The molecule has 0 bridgehead atoms. The molecule has 0 spiro atoms. The Morgan fingerprint density at radius 1 is 0.735 bits per heavy atom. The van der Waals surface area contributed by atoms with Gasteiger partial charge < -0.3 is 56.3 Å². The van der Waals surface area contributed by atoms with E-state index >= 15 is 0 Å². The number of carboxylic acid groups (broad SMARTS) is 2. The van der Waals surface area contributed by atoms with E-state index < -0.39 is 46.8 Å². The van der Waals surface area contributed by atoms with Gasteiger partial charge in [0.15, 0.2) is 0 Å². The maximum absolute atomic E-state index is 11.4. The molecule has 0 aromatic carbocycles. The molecule has 0 aromatic rings. The van der Waals surface area contributed by atoms with Crippen molar-refractivity contribution in [2.45, 2.75) is 65.6 Å². The maximum atomic E-state index is 11.4. The van der Waals surface area contributed by atoms with Gasteiger partial charge in [-0.2, -0.15) is 0 Å². The molecule has 13 nitrogen and oxygen atoms in total. The van der Waals surface area contributed by atoms with Crippen LogP contribution in [-0.4, -0.2) is 126 Å². The zero-order chi connectivity index (χ0) is 25.5. The fourth-order valence-corrected chi connectivity index (χ4v) is 1.96. The molecule has 0 aliphatic rings. The Hall–Kier alpha value is -1.06. The Kier molecular flexibility index (Phi) is 23.8. The van der Waals surface area contributed by atoms with Gasteiger partial charge in [0.05, 0.1) is 13.2 Å². The number of aliphatic carboxylic acids is 2. The van der Waals surface area contributed by atoms with Crippen LogP contribution < -0.4 is 20.8 Å². The minimum absolute atomic E-state index is 0. The molecule has 0 aliphatic carbocycles. The quantitative estimate of drug-likeness (QED) is 0.0934. The van der Waals surface area contributed by atoms with E-state index in [9.17, 15) is 39.6 Å². The molecular weight excluding hydrogens is 484 g/mol. The van der Waals surface area contributed by atoms with Crippen LogP contribution in [0.2, 0.25) is 0 Å². The number of aliphatic hydroxyl groups excluding tert-OH is 4. The zero-order valence-corrected chi connectivity index (χ0v) is 22.5. The second kappa shape index (κ2) is 20.2. The predicted molar refractivity (Wildman–Crippen MR) is 118 cm³/mol. The molecule has 2 atom stereocenters. The van der Waals surface area contributed by atoms with Crippen molar-refractivity contribution in [1.82, 2.24) is 10.6 Å². The summed E-state index contributed by atoms with van der Waals surface area (Å²) in [6.07, 6.45) is -2.42. The number of carboxylic acids is 2. The van der Waals surface area contributed by atoms with Crippen LogP contribution >= 0.6 is 0 Å². The van der Waals surface area contributed by atoms with Crippen LogP contribution in [0.5, 0.6) is 0 Å². The standard InChI is InChI=1S/2C10H19NO5.Ca.H2O/c2*1-10(2,6-12)8(15)9(16)11-5-3-4-7(13)14;;/h2*8,12,15H,3-6H2,1-2H3,(H,11,16)(H,13,14);;1H2/q;;+2;/p-2/t2*8-;;/m00../s1. The van der Waals surface area contributed by atoms with Crippen LogP contribution in [0.25, 0.3) is 0 Å². The Balaban J connectivity index is -0.000000250. The molecule has 0 aromatic heterocycles. The molecule has 0 rings (SSSR count). The van der Waals surface area contributed by atoms with E-state index in [4.69, 9.17) is 10.2 Å². The molecule has 0 fully saturated rings. The summed E-state index contributed by atoms with van der Waals surface area (Å²) in [6.45, 7) is 5.89. The number of rotatable bonds is 14. The first kappa shape index (κ1) is 40.1. The van der Waals surface area contributed by atoms with Gasteiger partial charge in [0.25, 0.3) is 0 Å². The molecule has 0 radical (unpaired) electrons. The monoisotopic (exact) mass is 522 g/mol. The number of carbonyl (C=O) groups is 4. The average molecular weight is 523 g/mol. The fraction of sp³-hybridized carbons (Fsp3) is 0.800. The van der Waals surface area contributed by atoms with Gasteiger partial charge in [0, 0.05) is 35.9 Å². The first-order chi connectivity index (χ1) is 14.6. The number of nitrogens with one attached hydrogen (secondary N) is 2. The maximum Gasteiger partial charge on any atom is 2.00 e. The van der Waals surface area contributed by atoms with E-state index in [1.807, 2.05) is 0 Å². The van der Waals surface area contributed by atoms with E-state index in [2.05, 4.69) is 10.6 Å². The Morgan fingerprint density at radius 2 is 1.00 bits per heavy atom. The molecule has 34 heavy (non-hydrogen) atoms. The minimum Gasteiger partial charge on any atom is -0.550 e. The van der Waals surface area contributed by atoms with E-state index in [0.29, 0.717) is 0 Å². The summed E-state index contributed by atoms with van der Waals surface area (Å²) in [6, 6.07) is 0. The van der Waals surface area contributed by atoms with Crippen molar-refractivity contribution in [2.75, 3.05) is 26.3 Å². The number of hydrogen-bond acceptors (Lipinski definition) is 10. The van der Waals surface area contributed by atoms with E-state index in [1.165, 1.54) is 0 Å². The summed E-state index contributed by atoms with van der Waals surface area (Å²) in [4.78, 5) is 42.9. The topological polar surface area (TPSA) is 251 Å². The summed E-state index contributed by atoms with van der Waals surface area (Å²) in [5.41, 5.74) is -1.84. The van der Waals surface area contributed by atoms with Crippen LogP contribution in [-0.2, 0) is 19.2 Å². The Bertz CT molecular complexity index is 563. The van der Waals surface area contributed by atoms with Crippen molar-refractivity contribution in [1.29, 1.82) is 0 Å². The Labute approximate surface area is 229 Å². The smallest absolute Gasteiger partial charge is 0.550 e. The summed E-state index contributed by atoms with van der Waals surface area (Å²) >= 11 is 0. The first-order valence-corrected chi connectivity index (χ1v) is 10.1. The molecular formula is C20H38CaN2O11. The second-order valence-electron chi connectivity index (χ2n) is 8.63. The molecule has 8 N–H and O–H groups in total. The van der Waals surface area contributed by atoms with Crippen molar-refractivity contribution in [3.8, 4) is 0 Å². The average Bonchev–Trinajstić information content (AvgIpc) is 2.72. The van der Waals surface area contributed by atoms with Crippen LogP contribution in [0, 0.1) is 10.8 Å². The number of amides is 2. The number of carbonyl (C=O) groups excluding carboxylic acids is 4. The SMILES string of the molecule is CC(C)(CO)[C@@H](O)C(=O)NCCCC(=O)[O-].CC(C)(CO)[C@@H](O)C(=O)NCCCC(=O)[O-].O.[Ca+2]. The molecule has 14 heteroatoms. The minimum atomic E-state index is -1.32. The predicted octanol–water partition coefficient (Wildman–Crippen LogP) is -5.18. The largest absolute Gasteiger partial charge is 2.00 e.